The molecule has 0 aromatic heterocycles. The van der Waals surface area contributed by atoms with Crippen LogP contribution in [0.15, 0.2) is 29.2 Å². The monoisotopic (exact) mass is 442 g/mol. The topological polar surface area (TPSA) is 111 Å². The standard InChI is InChI=1S/C20H30N2O7S/c1-14(18(23)27-5)28-16-7-6-8-17(13-16)30(25,26)22-11-9-15(10-12-22)21-19(24)29-20(2,3)4/h6-8,13-15H,9-12H2,1-5H3,(H,21,24)/t14-/m0/s1. The summed E-state index contributed by atoms with van der Waals surface area (Å²) in [5.74, 6) is -0.293. The molecule has 2 rings (SSSR count). The second-order valence-corrected chi connectivity index (χ2v) is 10.0. The van der Waals surface area contributed by atoms with Crippen LogP contribution in [0.2, 0.25) is 0 Å². The molecule has 0 aliphatic carbocycles. The zero-order valence-corrected chi connectivity index (χ0v) is 18.8. The molecule has 1 aromatic carbocycles. The van der Waals surface area contributed by atoms with Crippen molar-refractivity contribution in [1.29, 1.82) is 0 Å². The third kappa shape index (κ3) is 6.60. The average molecular weight is 443 g/mol. The molecule has 0 spiro atoms. The van der Waals surface area contributed by atoms with Crippen molar-refractivity contribution in [2.24, 2.45) is 0 Å². The van der Waals surface area contributed by atoms with Crippen molar-refractivity contribution in [1.82, 2.24) is 9.62 Å². The number of hydrogen-bond donors (Lipinski definition) is 1. The van der Waals surface area contributed by atoms with Gasteiger partial charge in [-0.1, -0.05) is 6.07 Å². The predicted octanol–water partition coefficient (Wildman–Crippen LogP) is 2.30. The highest BCUT2D eigenvalue weighted by molar-refractivity contribution is 7.89. The Balaban J connectivity index is 1.99. The van der Waals surface area contributed by atoms with E-state index in [-0.39, 0.29) is 29.8 Å². The van der Waals surface area contributed by atoms with E-state index in [0.717, 1.165) is 0 Å². The number of nitrogens with one attached hydrogen (secondary N) is 1. The Morgan fingerprint density at radius 1 is 1.20 bits per heavy atom. The number of carbonyl (C=O) groups excluding carboxylic acids is 2. The molecule has 1 saturated heterocycles. The summed E-state index contributed by atoms with van der Waals surface area (Å²) >= 11 is 0. The van der Waals surface area contributed by atoms with Gasteiger partial charge in [0, 0.05) is 25.2 Å². The van der Waals surface area contributed by atoms with Gasteiger partial charge in [-0.15, -0.1) is 0 Å². The van der Waals surface area contributed by atoms with Gasteiger partial charge in [0.2, 0.25) is 10.0 Å². The zero-order valence-electron chi connectivity index (χ0n) is 18.0. The molecule has 30 heavy (non-hydrogen) atoms. The number of alkyl carbamates (subject to hydrolysis) is 1. The van der Waals surface area contributed by atoms with Crippen LogP contribution in [-0.2, 0) is 24.3 Å². The van der Waals surface area contributed by atoms with Crippen LogP contribution in [0.1, 0.15) is 40.5 Å². The summed E-state index contributed by atoms with van der Waals surface area (Å²) in [6.07, 6.45) is -0.404. The Kier molecular flexibility index (Phi) is 7.70. The van der Waals surface area contributed by atoms with Gasteiger partial charge in [0.15, 0.2) is 6.10 Å². The van der Waals surface area contributed by atoms with E-state index in [0.29, 0.717) is 12.8 Å². The Hall–Kier alpha value is -2.33. The molecule has 1 aromatic rings. The van der Waals surface area contributed by atoms with Crippen molar-refractivity contribution in [3.8, 4) is 5.75 Å². The second-order valence-electron chi connectivity index (χ2n) is 8.08. The van der Waals surface area contributed by atoms with Crippen molar-refractivity contribution < 1.29 is 32.2 Å². The van der Waals surface area contributed by atoms with E-state index in [1.54, 1.807) is 32.9 Å². The normalized spacial score (nSPS) is 17.1. The highest BCUT2D eigenvalue weighted by atomic mass is 32.2. The molecule has 0 unspecified atom stereocenters. The minimum Gasteiger partial charge on any atom is -0.479 e. The molecule has 1 amide bonds. The Bertz CT molecular complexity index is 856. The van der Waals surface area contributed by atoms with Crippen LogP contribution in [0.3, 0.4) is 0 Å². The first-order chi connectivity index (χ1) is 13.9. The smallest absolute Gasteiger partial charge is 0.407 e. The average Bonchev–Trinajstić information content (AvgIpc) is 2.66. The molecule has 0 radical (unpaired) electrons. The summed E-state index contributed by atoms with van der Waals surface area (Å²) in [5.41, 5.74) is -0.591. The first kappa shape index (κ1) is 23.9. The van der Waals surface area contributed by atoms with Crippen molar-refractivity contribution in [3.05, 3.63) is 24.3 Å². The third-order valence-electron chi connectivity index (χ3n) is 4.46. The first-order valence-electron chi connectivity index (χ1n) is 9.76. The van der Waals surface area contributed by atoms with Gasteiger partial charge in [0.05, 0.1) is 12.0 Å². The summed E-state index contributed by atoms with van der Waals surface area (Å²) in [4.78, 5) is 23.5. The van der Waals surface area contributed by atoms with Crippen LogP contribution in [0.5, 0.6) is 5.75 Å². The largest absolute Gasteiger partial charge is 0.479 e. The van der Waals surface area contributed by atoms with Gasteiger partial charge in [-0.3, -0.25) is 0 Å². The molecule has 10 heteroatoms. The lowest BCUT2D eigenvalue weighted by Gasteiger charge is -2.32. The molecule has 1 fully saturated rings. The quantitative estimate of drug-likeness (QED) is 0.673. The number of nitrogens with zero attached hydrogens (tertiary/aromatic N) is 1. The zero-order chi connectivity index (χ0) is 22.5. The maximum atomic E-state index is 13.0. The van der Waals surface area contributed by atoms with E-state index in [9.17, 15) is 18.0 Å². The number of piperidine rings is 1. The molecule has 1 aliphatic rings. The van der Waals surface area contributed by atoms with Gasteiger partial charge < -0.3 is 19.5 Å². The lowest BCUT2D eigenvalue weighted by Crippen LogP contribution is -2.47. The fourth-order valence-corrected chi connectivity index (χ4v) is 4.50. The highest BCUT2D eigenvalue weighted by Gasteiger charge is 2.31. The Morgan fingerprint density at radius 2 is 1.83 bits per heavy atom. The molecule has 0 bridgehead atoms. The first-order valence-corrected chi connectivity index (χ1v) is 11.2. The summed E-state index contributed by atoms with van der Waals surface area (Å²) in [5, 5.41) is 2.79. The highest BCUT2D eigenvalue weighted by Crippen LogP contribution is 2.25. The van der Waals surface area contributed by atoms with Crippen LogP contribution < -0.4 is 10.1 Å². The Labute approximate surface area is 177 Å². The molecule has 0 saturated carbocycles. The van der Waals surface area contributed by atoms with Crippen LogP contribution in [0.25, 0.3) is 0 Å². The van der Waals surface area contributed by atoms with E-state index in [4.69, 9.17) is 9.47 Å². The molecular formula is C20H30N2O7S. The lowest BCUT2D eigenvalue weighted by atomic mass is 10.1. The fraction of sp³-hybridized carbons (Fsp3) is 0.600. The molecular weight excluding hydrogens is 412 g/mol. The van der Waals surface area contributed by atoms with Crippen molar-refractivity contribution in [3.63, 3.8) is 0 Å². The maximum Gasteiger partial charge on any atom is 0.407 e. The number of methoxy groups -OCH3 is 1. The van der Waals surface area contributed by atoms with Gasteiger partial charge in [0.1, 0.15) is 11.4 Å². The number of benzene rings is 1. The van der Waals surface area contributed by atoms with Gasteiger partial charge >= 0.3 is 12.1 Å². The SMILES string of the molecule is COC(=O)[C@H](C)Oc1cccc(S(=O)(=O)N2CCC(NC(=O)OC(C)(C)C)CC2)c1. The van der Waals surface area contributed by atoms with Crippen LogP contribution >= 0.6 is 0 Å². The minimum atomic E-state index is -3.73. The molecule has 1 aliphatic heterocycles. The van der Waals surface area contributed by atoms with Gasteiger partial charge in [-0.05, 0) is 52.7 Å². The number of ether oxygens (including phenoxy) is 3. The lowest BCUT2D eigenvalue weighted by molar-refractivity contribution is -0.147. The third-order valence-corrected chi connectivity index (χ3v) is 6.36. The second kappa shape index (κ2) is 9.65. The number of rotatable bonds is 6. The van der Waals surface area contributed by atoms with Crippen LogP contribution in [-0.4, -0.2) is 62.7 Å². The summed E-state index contributed by atoms with van der Waals surface area (Å²) in [7, 11) is -2.48. The number of hydrogen-bond acceptors (Lipinski definition) is 7. The van der Waals surface area contributed by atoms with E-state index >= 15 is 0 Å². The van der Waals surface area contributed by atoms with Crippen LogP contribution in [0.4, 0.5) is 4.79 Å². The predicted molar refractivity (Wildman–Crippen MR) is 110 cm³/mol. The fourth-order valence-electron chi connectivity index (χ4n) is 2.99. The van der Waals surface area contributed by atoms with Crippen molar-refractivity contribution in [2.45, 2.75) is 63.2 Å². The van der Waals surface area contributed by atoms with Gasteiger partial charge in [0.25, 0.3) is 0 Å². The molecule has 1 N–H and O–H groups in total. The summed E-state index contributed by atoms with van der Waals surface area (Å²) in [6, 6.07) is 5.86. The van der Waals surface area contributed by atoms with E-state index < -0.39 is 33.8 Å². The Morgan fingerprint density at radius 3 is 2.40 bits per heavy atom. The van der Waals surface area contributed by atoms with Gasteiger partial charge in [-0.25, -0.2) is 18.0 Å². The van der Waals surface area contributed by atoms with Crippen molar-refractivity contribution >= 4 is 22.1 Å². The molecule has 1 atom stereocenters. The minimum absolute atomic E-state index is 0.0793. The van der Waals surface area contributed by atoms with E-state index in [2.05, 4.69) is 10.1 Å². The summed E-state index contributed by atoms with van der Waals surface area (Å²) in [6.45, 7) is 7.41. The number of esters is 1. The summed E-state index contributed by atoms with van der Waals surface area (Å²) < 4.78 is 42.7. The van der Waals surface area contributed by atoms with Gasteiger partial charge in [-0.2, -0.15) is 4.31 Å². The van der Waals surface area contributed by atoms with E-state index in [1.165, 1.54) is 30.5 Å². The number of amides is 1. The number of carbonyl (C=O) groups is 2. The number of sulfonamides is 1. The molecule has 1 heterocycles. The van der Waals surface area contributed by atoms with Crippen molar-refractivity contribution in [2.75, 3.05) is 20.2 Å². The molecule has 168 valence electrons. The maximum absolute atomic E-state index is 13.0. The molecule has 9 nitrogen and oxygen atoms in total. The van der Waals surface area contributed by atoms with E-state index in [1.807, 2.05) is 0 Å². The van der Waals surface area contributed by atoms with Crippen LogP contribution in [0, 0.1) is 0 Å².